The van der Waals surface area contributed by atoms with Crippen molar-refractivity contribution in [3.05, 3.63) is 65.6 Å². The molecule has 26 heavy (non-hydrogen) atoms. The van der Waals surface area contributed by atoms with Crippen LogP contribution in [0.3, 0.4) is 0 Å². The Labute approximate surface area is 156 Å². The van der Waals surface area contributed by atoms with Gasteiger partial charge in [0.15, 0.2) is 0 Å². The van der Waals surface area contributed by atoms with Crippen molar-refractivity contribution in [2.24, 2.45) is 0 Å². The van der Waals surface area contributed by atoms with Crippen LogP contribution in [0.25, 0.3) is 10.9 Å². The predicted molar refractivity (Wildman–Crippen MR) is 104 cm³/mol. The lowest BCUT2D eigenvalue weighted by atomic mass is 10.1. The van der Waals surface area contributed by atoms with E-state index in [-0.39, 0.29) is 11.7 Å². The fourth-order valence-corrected chi connectivity index (χ4v) is 4.47. The highest BCUT2D eigenvalue weighted by atomic mass is 32.2. The van der Waals surface area contributed by atoms with Gasteiger partial charge < -0.3 is 4.90 Å². The summed E-state index contributed by atoms with van der Waals surface area (Å²) in [6.45, 7) is 4.67. The number of aryl methyl sites for hydroxylation is 1. The number of rotatable bonds is 1. The van der Waals surface area contributed by atoms with Crippen molar-refractivity contribution in [3.63, 3.8) is 0 Å². The molecule has 1 aliphatic heterocycles. The molecule has 132 valence electrons. The highest BCUT2D eigenvalue weighted by Crippen LogP contribution is 2.38. The zero-order valence-corrected chi connectivity index (χ0v) is 15.5. The Morgan fingerprint density at radius 2 is 2.04 bits per heavy atom. The number of hydrogen-bond acceptors (Lipinski definition) is 3. The first-order valence-electron chi connectivity index (χ1n) is 8.67. The summed E-state index contributed by atoms with van der Waals surface area (Å²) >= 11 is 1.80. The molecule has 0 radical (unpaired) electrons. The molecule has 3 aromatic rings. The van der Waals surface area contributed by atoms with E-state index < -0.39 is 0 Å². The number of pyridine rings is 1. The molecule has 2 heterocycles. The van der Waals surface area contributed by atoms with E-state index in [1.807, 2.05) is 30.0 Å². The van der Waals surface area contributed by atoms with Crippen LogP contribution in [0.4, 0.5) is 10.1 Å². The topological polar surface area (TPSA) is 33.2 Å². The van der Waals surface area contributed by atoms with Crippen molar-refractivity contribution < 1.29 is 9.18 Å². The van der Waals surface area contributed by atoms with E-state index in [1.165, 1.54) is 12.1 Å². The van der Waals surface area contributed by atoms with Crippen LogP contribution in [-0.4, -0.2) is 22.7 Å². The molecule has 1 unspecified atom stereocenters. The number of nitrogens with zero attached hydrogens (tertiary/aromatic N) is 2. The molecule has 2 aromatic carbocycles. The molecule has 3 nitrogen and oxygen atoms in total. The third kappa shape index (κ3) is 3.07. The maximum atomic E-state index is 13.6. The van der Waals surface area contributed by atoms with Crippen molar-refractivity contribution in [3.8, 4) is 0 Å². The minimum atomic E-state index is -0.348. The Kier molecular flexibility index (Phi) is 4.41. The lowest BCUT2D eigenvalue weighted by Gasteiger charge is -2.23. The molecular formula is C21H19FN2OS. The molecule has 0 saturated heterocycles. The van der Waals surface area contributed by atoms with E-state index in [1.54, 1.807) is 23.9 Å². The van der Waals surface area contributed by atoms with Crippen molar-refractivity contribution in [1.29, 1.82) is 0 Å². The van der Waals surface area contributed by atoms with Gasteiger partial charge in [-0.15, -0.1) is 11.8 Å². The van der Waals surface area contributed by atoms with Gasteiger partial charge in [0.1, 0.15) is 5.82 Å². The van der Waals surface area contributed by atoms with E-state index in [9.17, 15) is 9.18 Å². The van der Waals surface area contributed by atoms with Gasteiger partial charge in [0.05, 0.1) is 16.8 Å². The number of amides is 1. The van der Waals surface area contributed by atoms with Crippen LogP contribution in [0.15, 0.2) is 53.4 Å². The van der Waals surface area contributed by atoms with Crippen LogP contribution in [0.2, 0.25) is 0 Å². The summed E-state index contributed by atoms with van der Waals surface area (Å²) < 4.78 is 13.6. The minimum absolute atomic E-state index is 0.0609. The van der Waals surface area contributed by atoms with Gasteiger partial charge in [-0.25, -0.2) is 4.39 Å². The number of thioether (sulfide) groups is 1. The van der Waals surface area contributed by atoms with E-state index in [2.05, 4.69) is 18.0 Å². The van der Waals surface area contributed by atoms with Crippen LogP contribution in [-0.2, 0) is 0 Å². The smallest absolute Gasteiger partial charge is 0.259 e. The molecule has 0 spiro atoms. The van der Waals surface area contributed by atoms with Gasteiger partial charge >= 0.3 is 0 Å². The average Bonchev–Trinajstić information content (AvgIpc) is 2.78. The summed E-state index contributed by atoms with van der Waals surface area (Å²) in [4.78, 5) is 20.8. The van der Waals surface area contributed by atoms with E-state index in [0.717, 1.165) is 17.0 Å². The normalized spacial score (nSPS) is 17.0. The van der Waals surface area contributed by atoms with E-state index in [0.29, 0.717) is 34.0 Å². The second kappa shape index (κ2) is 6.72. The average molecular weight is 366 g/mol. The first kappa shape index (κ1) is 17.0. The Morgan fingerprint density at radius 3 is 2.88 bits per heavy atom. The van der Waals surface area contributed by atoms with E-state index in [4.69, 9.17) is 0 Å². The summed E-state index contributed by atoms with van der Waals surface area (Å²) in [5, 5.41) is 1.13. The molecule has 0 aliphatic carbocycles. The fraction of sp³-hybridized carbons (Fsp3) is 0.238. The number of carbonyl (C=O) groups excluding carboxylic acids is 1. The molecule has 0 saturated carbocycles. The van der Waals surface area contributed by atoms with Gasteiger partial charge in [0.25, 0.3) is 5.91 Å². The lowest BCUT2D eigenvalue weighted by Crippen LogP contribution is -2.32. The molecule has 0 fully saturated rings. The molecule has 4 rings (SSSR count). The Balaban J connectivity index is 1.85. The van der Waals surface area contributed by atoms with Gasteiger partial charge in [0.2, 0.25) is 0 Å². The maximum absolute atomic E-state index is 13.6. The monoisotopic (exact) mass is 366 g/mol. The number of para-hydroxylation sites is 1. The largest absolute Gasteiger partial charge is 0.307 e. The fourth-order valence-electron chi connectivity index (χ4n) is 3.35. The zero-order chi connectivity index (χ0) is 18.3. The molecular weight excluding hydrogens is 347 g/mol. The number of carbonyl (C=O) groups is 1. The van der Waals surface area contributed by atoms with Crippen molar-refractivity contribution in [2.45, 2.75) is 30.4 Å². The van der Waals surface area contributed by atoms with E-state index >= 15 is 0 Å². The minimum Gasteiger partial charge on any atom is -0.307 e. The van der Waals surface area contributed by atoms with Crippen LogP contribution >= 0.6 is 11.8 Å². The highest BCUT2D eigenvalue weighted by Gasteiger charge is 2.26. The molecule has 1 aliphatic rings. The quantitative estimate of drug-likeness (QED) is 0.592. The van der Waals surface area contributed by atoms with Crippen molar-refractivity contribution in [1.82, 2.24) is 4.98 Å². The second-order valence-electron chi connectivity index (χ2n) is 6.61. The lowest BCUT2D eigenvalue weighted by molar-refractivity contribution is 0.0988. The van der Waals surface area contributed by atoms with Crippen LogP contribution in [0, 0.1) is 12.7 Å². The van der Waals surface area contributed by atoms with Crippen LogP contribution < -0.4 is 4.90 Å². The summed E-state index contributed by atoms with van der Waals surface area (Å²) in [7, 11) is 0. The number of fused-ring (bicyclic) bond motifs is 2. The third-order valence-electron chi connectivity index (χ3n) is 4.62. The Hall–Kier alpha value is -2.40. The summed E-state index contributed by atoms with van der Waals surface area (Å²) in [5.74, 6) is -0.409. The number of halogens is 1. The number of aromatic nitrogens is 1. The highest BCUT2D eigenvalue weighted by molar-refractivity contribution is 8.00. The van der Waals surface area contributed by atoms with Gasteiger partial charge in [0, 0.05) is 33.8 Å². The van der Waals surface area contributed by atoms with Gasteiger partial charge in [-0.2, -0.15) is 0 Å². The molecule has 1 amide bonds. The van der Waals surface area contributed by atoms with Crippen molar-refractivity contribution in [2.75, 3.05) is 11.4 Å². The number of benzene rings is 2. The number of anilines is 1. The second-order valence-corrected chi connectivity index (χ2v) is 8.09. The first-order chi connectivity index (χ1) is 12.5. The molecule has 0 bridgehead atoms. The SMILES string of the molecule is Cc1cc(C(=O)N2CCC(C)Sc3ccccc32)c2ccc(F)cc2n1. The zero-order valence-electron chi connectivity index (χ0n) is 14.7. The summed E-state index contributed by atoms with van der Waals surface area (Å²) in [6, 6.07) is 14.2. The molecule has 5 heteroatoms. The standard InChI is InChI=1S/C21H19FN2OS/c1-13-11-17(16-8-7-15(22)12-18(16)23-13)21(25)24-10-9-14(2)26-20-6-4-3-5-19(20)24/h3-8,11-12,14H,9-10H2,1-2H3. The summed E-state index contributed by atoms with van der Waals surface area (Å²) in [5.41, 5.74) is 2.73. The predicted octanol–water partition coefficient (Wildman–Crippen LogP) is 5.21. The van der Waals surface area contributed by atoms with Gasteiger partial charge in [-0.1, -0.05) is 19.1 Å². The maximum Gasteiger partial charge on any atom is 0.259 e. The first-order valence-corrected chi connectivity index (χ1v) is 9.55. The Morgan fingerprint density at radius 1 is 1.23 bits per heavy atom. The number of hydrogen-bond donors (Lipinski definition) is 0. The molecule has 1 aromatic heterocycles. The molecule has 0 N–H and O–H groups in total. The Bertz CT molecular complexity index is 999. The summed E-state index contributed by atoms with van der Waals surface area (Å²) in [6.07, 6.45) is 0.918. The van der Waals surface area contributed by atoms with Crippen LogP contribution in [0.5, 0.6) is 0 Å². The van der Waals surface area contributed by atoms with Gasteiger partial charge in [-0.3, -0.25) is 9.78 Å². The van der Waals surface area contributed by atoms with Crippen molar-refractivity contribution >= 4 is 34.3 Å². The third-order valence-corrected chi connectivity index (χ3v) is 5.86. The molecule has 1 atom stereocenters. The van der Waals surface area contributed by atoms with Crippen LogP contribution in [0.1, 0.15) is 29.4 Å². The van der Waals surface area contributed by atoms with Gasteiger partial charge in [-0.05, 0) is 43.7 Å².